The normalized spacial score (nSPS) is 38.3. The molecule has 1 amide bonds. The monoisotopic (exact) mass is 196 g/mol. The lowest BCUT2D eigenvalue weighted by Crippen LogP contribution is -2.65. The molecule has 1 aliphatic heterocycles. The van der Waals surface area contributed by atoms with Crippen molar-refractivity contribution in [3.8, 4) is 0 Å². The maximum absolute atomic E-state index is 11.5. The Balaban J connectivity index is 1.98. The van der Waals surface area contributed by atoms with Crippen LogP contribution in [0.1, 0.15) is 39.0 Å². The minimum Gasteiger partial charge on any atom is -0.336 e. The van der Waals surface area contributed by atoms with Crippen LogP contribution in [0.25, 0.3) is 0 Å². The minimum absolute atomic E-state index is 0.176. The summed E-state index contributed by atoms with van der Waals surface area (Å²) < 4.78 is 0. The molecular weight excluding hydrogens is 176 g/mol. The Morgan fingerprint density at radius 3 is 2.71 bits per heavy atom. The van der Waals surface area contributed by atoms with E-state index in [4.69, 9.17) is 5.73 Å². The molecule has 3 nitrogen and oxygen atoms in total. The van der Waals surface area contributed by atoms with Gasteiger partial charge in [0.15, 0.2) is 0 Å². The molecule has 1 saturated carbocycles. The van der Waals surface area contributed by atoms with Crippen LogP contribution in [0.2, 0.25) is 0 Å². The second-order valence-corrected chi connectivity index (χ2v) is 4.62. The van der Waals surface area contributed by atoms with Crippen molar-refractivity contribution < 1.29 is 4.79 Å². The lowest BCUT2D eigenvalue weighted by atomic mass is 9.80. The zero-order valence-corrected chi connectivity index (χ0v) is 8.91. The molecule has 1 heterocycles. The zero-order valence-electron chi connectivity index (χ0n) is 8.91. The molecule has 0 spiro atoms. The molecule has 0 radical (unpaired) electrons. The Morgan fingerprint density at radius 1 is 1.43 bits per heavy atom. The van der Waals surface area contributed by atoms with E-state index in [0.717, 1.165) is 12.5 Å². The molecule has 14 heavy (non-hydrogen) atoms. The van der Waals surface area contributed by atoms with Gasteiger partial charge in [0.25, 0.3) is 0 Å². The number of amides is 1. The number of nitrogens with two attached hydrogens (primary N) is 1. The maximum Gasteiger partial charge on any atom is 0.241 e. The summed E-state index contributed by atoms with van der Waals surface area (Å²) in [5, 5.41) is 0. The van der Waals surface area contributed by atoms with Crippen molar-refractivity contribution in [1.82, 2.24) is 4.90 Å². The van der Waals surface area contributed by atoms with Crippen molar-refractivity contribution in [2.45, 2.75) is 51.1 Å². The van der Waals surface area contributed by atoms with E-state index in [0.29, 0.717) is 6.04 Å². The Labute approximate surface area is 85.6 Å². The molecule has 0 aromatic heterocycles. The van der Waals surface area contributed by atoms with Gasteiger partial charge in [0.1, 0.15) is 6.04 Å². The largest absolute Gasteiger partial charge is 0.336 e. The molecule has 0 bridgehead atoms. The number of carbonyl (C=O) groups is 1. The first-order valence-corrected chi connectivity index (χ1v) is 5.80. The maximum atomic E-state index is 11.5. The van der Waals surface area contributed by atoms with Gasteiger partial charge < -0.3 is 10.6 Å². The summed E-state index contributed by atoms with van der Waals surface area (Å²) in [7, 11) is 0. The van der Waals surface area contributed by atoms with Crippen LogP contribution >= 0.6 is 0 Å². The SMILES string of the molecule is CCC1CCCCC1N1CC(N)C1=O. The number of rotatable bonds is 2. The van der Waals surface area contributed by atoms with Gasteiger partial charge in [0, 0.05) is 12.6 Å². The second kappa shape index (κ2) is 3.89. The molecule has 2 fully saturated rings. The van der Waals surface area contributed by atoms with Crippen LogP contribution in [0.5, 0.6) is 0 Å². The molecule has 0 aromatic rings. The van der Waals surface area contributed by atoms with Gasteiger partial charge in [-0.25, -0.2) is 0 Å². The van der Waals surface area contributed by atoms with Crippen LogP contribution in [0.3, 0.4) is 0 Å². The van der Waals surface area contributed by atoms with Gasteiger partial charge in [-0.3, -0.25) is 4.79 Å². The highest BCUT2D eigenvalue weighted by atomic mass is 16.2. The second-order valence-electron chi connectivity index (χ2n) is 4.62. The first-order valence-electron chi connectivity index (χ1n) is 5.80. The van der Waals surface area contributed by atoms with Crippen molar-refractivity contribution in [3.63, 3.8) is 0 Å². The molecular formula is C11H20N2O. The molecule has 3 atom stereocenters. The fraction of sp³-hybridized carbons (Fsp3) is 0.909. The smallest absolute Gasteiger partial charge is 0.241 e. The Hall–Kier alpha value is -0.570. The predicted octanol–water partition coefficient (Wildman–Crippen LogP) is 1.12. The van der Waals surface area contributed by atoms with E-state index in [9.17, 15) is 4.79 Å². The highest BCUT2D eigenvalue weighted by Gasteiger charge is 2.41. The fourth-order valence-electron chi connectivity index (χ4n) is 2.85. The molecule has 3 heteroatoms. The summed E-state index contributed by atoms with van der Waals surface area (Å²) >= 11 is 0. The number of hydrogen-bond donors (Lipinski definition) is 1. The third kappa shape index (κ3) is 1.54. The van der Waals surface area contributed by atoms with Crippen molar-refractivity contribution >= 4 is 5.91 Å². The van der Waals surface area contributed by atoms with Crippen LogP contribution in [-0.4, -0.2) is 29.4 Å². The zero-order chi connectivity index (χ0) is 10.1. The molecule has 2 rings (SSSR count). The van der Waals surface area contributed by atoms with Gasteiger partial charge in [-0.05, 0) is 18.8 Å². The molecule has 1 saturated heterocycles. The molecule has 2 N–H and O–H groups in total. The van der Waals surface area contributed by atoms with Crippen LogP contribution in [0.15, 0.2) is 0 Å². The first kappa shape index (κ1) is 9.97. The molecule has 3 unspecified atom stereocenters. The van der Waals surface area contributed by atoms with Crippen LogP contribution in [-0.2, 0) is 4.79 Å². The van der Waals surface area contributed by atoms with Gasteiger partial charge in [0.2, 0.25) is 5.91 Å². The van der Waals surface area contributed by atoms with Gasteiger partial charge in [-0.1, -0.05) is 26.2 Å². The van der Waals surface area contributed by atoms with E-state index in [2.05, 4.69) is 6.92 Å². The summed E-state index contributed by atoms with van der Waals surface area (Å²) in [4.78, 5) is 13.5. The average Bonchev–Trinajstić information content (AvgIpc) is 2.25. The number of hydrogen-bond acceptors (Lipinski definition) is 2. The molecule has 2 aliphatic rings. The molecule has 1 aliphatic carbocycles. The lowest BCUT2D eigenvalue weighted by molar-refractivity contribution is -0.148. The Bertz CT molecular complexity index is 229. The predicted molar refractivity (Wildman–Crippen MR) is 55.7 cm³/mol. The summed E-state index contributed by atoms with van der Waals surface area (Å²) in [6, 6.07) is 0.301. The quantitative estimate of drug-likeness (QED) is 0.673. The molecule has 0 aromatic carbocycles. The summed E-state index contributed by atoms with van der Waals surface area (Å²) in [5.41, 5.74) is 5.61. The Morgan fingerprint density at radius 2 is 2.14 bits per heavy atom. The first-order chi connectivity index (χ1) is 6.74. The third-order valence-corrected chi connectivity index (χ3v) is 3.79. The van der Waals surface area contributed by atoms with Crippen molar-refractivity contribution in [2.75, 3.05) is 6.54 Å². The van der Waals surface area contributed by atoms with Crippen LogP contribution in [0.4, 0.5) is 0 Å². The van der Waals surface area contributed by atoms with E-state index < -0.39 is 0 Å². The van der Waals surface area contributed by atoms with Gasteiger partial charge in [-0.2, -0.15) is 0 Å². The van der Waals surface area contributed by atoms with E-state index in [1.54, 1.807) is 0 Å². The van der Waals surface area contributed by atoms with E-state index in [-0.39, 0.29) is 11.9 Å². The van der Waals surface area contributed by atoms with Crippen molar-refractivity contribution in [2.24, 2.45) is 11.7 Å². The number of nitrogens with zero attached hydrogens (tertiary/aromatic N) is 1. The van der Waals surface area contributed by atoms with Crippen LogP contribution < -0.4 is 5.73 Å². The van der Waals surface area contributed by atoms with Gasteiger partial charge in [0.05, 0.1) is 0 Å². The van der Waals surface area contributed by atoms with Crippen molar-refractivity contribution in [3.05, 3.63) is 0 Å². The topological polar surface area (TPSA) is 46.3 Å². The van der Waals surface area contributed by atoms with Gasteiger partial charge in [-0.15, -0.1) is 0 Å². The summed E-state index contributed by atoms with van der Waals surface area (Å²) in [5.74, 6) is 0.899. The standard InChI is InChI=1S/C11H20N2O/c1-2-8-5-3-4-6-10(8)13-7-9(12)11(13)14/h8-10H,2-7,12H2,1H3. The van der Waals surface area contributed by atoms with Crippen molar-refractivity contribution in [1.29, 1.82) is 0 Å². The third-order valence-electron chi connectivity index (χ3n) is 3.79. The van der Waals surface area contributed by atoms with E-state index >= 15 is 0 Å². The summed E-state index contributed by atoms with van der Waals surface area (Å²) in [6.07, 6.45) is 6.30. The van der Waals surface area contributed by atoms with E-state index in [1.165, 1.54) is 32.1 Å². The van der Waals surface area contributed by atoms with Gasteiger partial charge >= 0.3 is 0 Å². The lowest BCUT2D eigenvalue weighted by Gasteiger charge is -2.47. The Kier molecular flexibility index (Phi) is 2.77. The van der Waals surface area contributed by atoms with E-state index in [1.807, 2.05) is 4.90 Å². The number of β-lactam (4-membered cyclic amide) rings is 1. The van der Waals surface area contributed by atoms with Crippen LogP contribution in [0, 0.1) is 5.92 Å². The average molecular weight is 196 g/mol. The minimum atomic E-state index is -0.200. The number of carbonyl (C=O) groups excluding carboxylic acids is 1. The fourth-order valence-corrected chi connectivity index (χ4v) is 2.85. The highest BCUT2D eigenvalue weighted by molar-refractivity contribution is 5.88. The highest BCUT2D eigenvalue weighted by Crippen LogP contribution is 2.33. The summed E-state index contributed by atoms with van der Waals surface area (Å²) in [6.45, 7) is 3.02. The molecule has 80 valence electrons. The number of likely N-dealkylation sites (tertiary alicyclic amines) is 1.